The lowest BCUT2D eigenvalue weighted by Crippen LogP contribution is -2.12. The van der Waals surface area contributed by atoms with E-state index in [-0.39, 0.29) is 6.04 Å². The van der Waals surface area contributed by atoms with Crippen molar-refractivity contribution in [2.45, 2.75) is 13.0 Å². The minimum Gasteiger partial charge on any atom is -0.399 e. The summed E-state index contributed by atoms with van der Waals surface area (Å²) < 4.78 is 2.04. The summed E-state index contributed by atoms with van der Waals surface area (Å²) >= 11 is 0. The molecular weight excluding hydrogens is 264 g/mol. The topological polar surface area (TPSA) is 72.9 Å². The van der Waals surface area contributed by atoms with Gasteiger partial charge in [0.1, 0.15) is 6.33 Å². The second-order valence-corrected chi connectivity index (χ2v) is 5.26. The zero-order valence-corrected chi connectivity index (χ0v) is 12.4. The molecule has 0 aliphatic carbocycles. The molecule has 108 valence electrons. The minimum atomic E-state index is 0.100. The first-order chi connectivity index (χ1) is 10.1. The number of hydrogen-bond donors (Lipinski definition) is 1. The SMILES string of the molecule is C[C@@H](c1cccc(N)c1)n1cnc2c(N(C)C)ncnc21. The van der Waals surface area contributed by atoms with Crippen LogP contribution < -0.4 is 10.6 Å². The summed E-state index contributed by atoms with van der Waals surface area (Å²) in [5.74, 6) is 0.818. The zero-order chi connectivity index (χ0) is 15.0. The third-order valence-electron chi connectivity index (χ3n) is 3.57. The largest absolute Gasteiger partial charge is 0.399 e. The van der Waals surface area contributed by atoms with Crippen molar-refractivity contribution < 1.29 is 0 Å². The van der Waals surface area contributed by atoms with E-state index in [9.17, 15) is 0 Å². The van der Waals surface area contributed by atoms with E-state index < -0.39 is 0 Å². The maximum Gasteiger partial charge on any atom is 0.165 e. The van der Waals surface area contributed by atoms with E-state index in [1.165, 1.54) is 0 Å². The number of imidazole rings is 1. The van der Waals surface area contributed by atoms with Crippen LogP contribution in [0, 0.1) is 0 Å². The van der Waals surface area contributed by atoms with Gasteiger partial charge in [-0.25, -0.2) is 15.0 Å². The van der Waals surface area contributed by atoms with Crippen molar-refractivity contribution in [3.05, 3.63) is 42.5 Å². The van der Waals surface area contributed by atoms with E-state index in [1.807, 2.05) is 41.8 Å². The molecule has 0 aliphatic heterocycles. The first-order valence-corrected chi connectivity index (χ1v) is 6.78. The van der Waals surface area contributed by atoms with E-state index in [1.54, 1.807) is 12.7 Å². The van der Waals surface area contributed by atoms with E-state index in [4.69, 9.17) is 5.73 Å². The zero-order valence-electron chi connectivity index (χ0n) is 12.4. The molecule has 3 aromatic rings. The summed E-state index contributed by atoms with van der Waals surface area (Å²) in [6, 6.07) is 7.98. The fraction of sp³-hybridized carbons (Fsp3) is 0.267. The number of nitrogens with zero attached hydrogens (tertiary/aromatic N) is 5. The highest BCUT2D eigenvalue weighted by Crippen LogP contribution is 2.26. The lowest BCUT2D eigenvalue weighted by Gasteiger charge is -2.15. The number of hydrogen-bond acceptors (Lipinski definition) is 5. The summed E-state index contributed by atoms with van der Waals surface area (Å²) in [6.45, 7) is 2.10. The van der Waals surface area contributed by atoms with Crippen LogP contribution in [0.2, 0.25) is 0 Å². The number of benzene rings is 1. The number of nitrogens with two attached hydrogens (primary N) is 1. The second kappa shape index (κ2) is 5.05. The monoisotopic (exact) mass is 282 g/mol. The summed E-state index contributed by atoms with van der Waals surface area (Å²) in [4.78, 5) is 15.1. The van der Waals surface area contributed by atoms with Gasteiger partial charge < -0.3 is 15.2 Å². The van der Waals surface area contributed by atoms with Crippen molar-refractivity contribution in [3.63, 3.8) is 0 Å². The van der Waals surface area contributed by atoms with Crippen molar-refractivity contribution >= 4 is 22.7 Å². The molecule has 3 rings (SSSR count). The van der Waals surface area contributed by atoms with E-state index in [0.29, 0.717) is 0 Å². The highest BCUT2D eigenvalue weighted by molar-refractivity contribution is 5.83. The van der Waals surface area contributed by atoms with Gasteiger partial charge in [0.05, 0.1) is 12.4 Å². The van der Waals surface area contributed by atoms with E-state index in [2.05, 4.69) is 27.9 Å². The summed E-state index contributed by atoms with van der Waals surface area (Å²) in [6.07, 6.45) is 3.38. The molecular formula is C15H18N6. The van der Waals surface area contributed by atoms with Crippen LogP contribution >= 0.6 is 0 Å². The first-order valence-electron chi connectivity index (χ1n) is 6.78. The molecule has 0 bridgehead atoms. The number of aromatic nitrogens is 4. The Morgan fingerprint density at radius 1 is 1.19 bits per heavy atom. The normalized spacial score (nSPS) is 12.5. The van der Waals surface area contributed by atoms with Crippen LogP contribution in [0.15, 0.2) is 36.9 Å². The van der Waals surface area contributed by atoms with Crippen LogP contribution in [0.3, 0.4) is 0 Å². The van der Waals surface area contributed by atoms with Crippen LogP contribution in [-0.4, -0.2) is 33.6 Å². The molecule has 21 heavy (non-hydrogen) atoms. The maximum atomic E-state index is 5.87. The first kappa shape index (κ1) is 13.4. The second-order valence-electron chi connectivity index (χ2n) is 5.26. The molecule has 0 radical (unpaired) electrons. The average Bonchev–Trinajstić information content (AvgIpc) is 2.90. The number of anilines is 2. The lowest BCUT2D eigenvalue weighted by molar-refractivity contribution is 0.652. The summed E-state index contributed by atoms with van der Waals surface area (Å²) in [5, 5.41) is 0. The molecule has 6 nitrogen and oxygen atoms in total. The van der Waals surface area contributed by atoms with Crippen molar-refractivity contribution in [3.8, 4) is 0 Å². The predicted molar refractivity (Wildman–Crippen MR) is 84.3 cm³/mol. The molecule has 1 atom stereocenters. The highest BCUT2D eigenvalue weighted by Gasteiger charge is 2.16. The quantitative estimate of drug-likeness (QED) is 0.745. The number of rotatable bonds is 3. The van der Waals surface area contributed by atoms with Gasteiger partial charge in [-0.1, -0.05) is 12.1 Å². The summed E-state index contributed by atoms with van der Waals surface area (Å²) in [7, 11) is 3.89. The molecule has 0 saturated carbocycles. The fourth-order valence-corrected chi connectivity index (χ4v) is 2.43. The van der Waals surface area contributed by atoms with Crippen molar-refractivity contribution in [2.24, 2.45) is 0 Å². The Balaban J connectivity index is 2.11. The molecule has 0 spiro atoms. The molecule has 0 saturated heterocycles. The van der Waals surface area contributed by atoms with Gasteiger partial charge in [0.2, 0.25) is 0 Å². The Kier molecular flexibility index (Phi) is 3.21. The summed E-state index contributed by atoms with van der Waals surface area (Å²) in [5.41, 5.74) is 9.38. The van der Waals surface area contributed by atoms with E-state index >= 15 is 0 Å². The third kappa shape index (κ3) is 2.29. The van der Waals surface area contributed by atoms with Gasteiger partial charge >= 0.3 is 0 Å². The average molecular weight is 282 g/mol. The number of nitrogen functional groups attached to an aromatic ring is 1. The third-order valence-corrected chi connectivity index (χ3v) is 3.57. The van der Waals surface area contributed by atoms with Gasteiger partial charge in [0.25, 0.3) is 0 Å². The predicted octanol–water partition coefficient (Wildman–Crippen LogP) is 2.08. The lowest BCUT2D eigenvalue weighted by atomic mass is 10.1. The molecule has 1 aromatic carbocycles. The molecule has 0 fully saturated rings. The van der Waals surface area contributed by atoms with Crippen molar-refractivity contribution in [1.82, 2.24) is 19.5 Å². The van der Waals surface area contributed by atoms with Gasteiger partial charge in [-0.2, -0.15) is 0 Å². The van der Waals surface area contributed by atoms with Gasteiger partial charge in [-0.3, -0.25) is 0 Å². The molecule has 2 aromatic heterocycles. The smallest absolute Gasteiger partial charge is 0.165 e. The van der Waals surface area contributed by atoms with Gasteiger partial charge in [-0.15, -0.1) is 0 Å². The van der Waals surface area contributed by atoms with Crippen LogP contribution in [0.5, 0.6) is 0 Å². The van der Waals surface area contributed by atoms with Crippen LogP contribution in [0.4, 0.5) is 11.5 Å². The van der Waals surface area contributed by atoms with Gasteiger partial charge in [0, 0.05) is 19.8 Å². The van der Waals surface area contributed by atoms with Crippen molar-refractivity contribution in [2.75, 3.05) is 24.7 Å². The molecule has 0 unspecified atom stereocenters. The Hall–Kier alpha value is -2.63. The molecule has 2 N–H and O–H groups in total. The Morgan fingerprint density at radius 2 is 2.00 bits per heavy atom. The fourth-order valence-electron chi connectivity index (χ4n) is 2.43. The van der Waals surface area contributed by atoms with Gasteiger partial charge in [-0.05, 0) is 24.6 Å². The molecule has 0 amide bonds. The molecule has 6 heteroatoms. The van der Waals surface area contributed by atoms with E-state index in [0.717, 1.165) is 28.2 Å². The highest BCUT2D eigenvalue weighted by atomic mass is 15.2. The Labute approximate surface area is 123 Å². The Morgan fingerprint density at radius 3 is 2.71 bits per heavy atom. The van der Waals surface area contributed by atoms with Crippen LogP contribution in [0.25, 0.3) is 11.2 Å². The molecule has 2 heterocycles. The molecule has 0 aliphatic rings. The van der Waals surface area contributed by atoms with Crippen LogP contribution in [-0.2, 0) is 0 Å². The Bertz CT molecular complexity index is 777. The standard InChI is InChI=1S/C15H18N6/c1-10(11-5-4-6-12(16)7-11)21-9-19-13-14(20(2)3)17-8-18-15(13)21/h4-10H,16H2,1-3H3/t10-/m0/s1. The number of fused-ring (bicyclic) bond motifs is 1. The maximum absolute atomic E-state index is 5.87. The van der Waals surface area contributed by atoms with Crippen LogP contribution in [0.1, 0.15) is 18.5 Å². The van der Waals surface area contributed by atoms with Gasteiger partial charge in [0.15, 0.2) is 17.0 Å². The minimum absolute atomic E-state index is 0.100. The van der Waals surface area contributed by atoms with Crippen molar-refractivity contribution in [1.29, 1.82) is 0 Å².